The number of ether oxygens (including phenoxy) is 1. The van der Waals surface area contributed by atoms with E-state index in [1.165, 1.54) is 360 Å². The first-order chi connectivity index (χ1) is 43.0. The van der Waals surface area contributed by atoms with Crippen molar-refractivity contribution in [2.24, 2.45) is 0 Å². The Kier molecular flexibility index (Phi) is 74.8. The molecule has 6 heteroatoms. The van der Waals surface area contributed by atoms with E-state index >= 15 is 0 Å². The predicted octanol–water partition coefficient (Wildman–Crippen LogP) is 26.2. The molecule has 2 unspecified atom stereocenters. The number of rotatable bonds is 75. The lowest BCUT2D eigenvalue weighted by Gasteiger charge is -2.22. The molecule has 6 nitrogen and oxygen atoms in total. The van der Waals surface area contributed by atoms with Crippen molar-refractivity contribution < 1.29 is 24.5 Å². The van der Waals surface area contributed by atoms with Crippen LogP contribution in [0.4, 0.5) is 0 Å². The molecule has 0 aliphatic carbocycles. The molecule has 87 heavy (non-hydrogen) atoms. The molecule has 0 aromatic carbocycles. The summed E-state index contributed by atoms with van der Waals surface area (Å²) < 4.78 is 5.51. The van der Waals surface area contributed by atoms with Gasteiger partial charge < -0.3 is 20.3 Å². The average molecular weight is 1220 g/mol. The van der Waals surface area contributed by atoms with Crippen LogP contribution in [0.25, 0.3) is 0 Å². The smallest absolute Gasteiger partial charge is 0.305 e. The van der Waals surface area contributed by atoms with Crippen molar-refractivity contribution >= 4 is 11.9 Å². The number of aliphatic hydroxyl groups is 2. The number of esters is 1. The summed E-state index contributed by atoms with van der Waals surface area (Å²) in [7, 11) is 0. The van der Waals surface area contributed by atoms with Crippen molar-refractivity contribution in [1.82, 2.24) is 5.32 Å². The van der Waals surface area contributed by atoms with E-state index in [1.54, 1.807) is 0 Å². The molecule has 0 rings (SSSR count). The first-order valence-electron chi connectivity index (χ1n) is 39.7. The molecule has 0 heterocycles. The zero-order chi connectivity index (χ0) is 62.8. The van der Waals surface area contributed by atoms with Gasteiger partial charge in [0.25, 0.3) is 0 Å². The van der Waals surface area contributed by atoms with Crippen LogP contribution in [-0.2, 0) is 14.3 Å². The largest absolute Gasteiger partial charge is 0.466 e. The molecule has 1 amide bonds. The summed E-state index contributed by atoms with van der Waals surface area (Å²) in [6.45, 7) is 4.97. The van der Waals surface area contributed by atoms with Crippen molar-refractivity contribution in [3.63, 3.8) is 0 Å². The second-order valence-corrected chi connectivity index (χ2v) is 27.4. The van der Waals surface area contributed by atoms with Gasteiger partial charge in [0.05, 0.1) is 25.4 Å². The summed E-state index contributed by atoms with van der Waals surface area (Å²) in [4.78, 5) is 24.6. The highest BCUT2D eigenvalue weighted by molar-refractivity contribution is 5.76. The van der Waals surface area contributed by atoms with Gasteiger partial charge in [-0.1, -0.05) is 384 Å². The second kappa shape index (κ2) is 76.5. The van der Waals surface area contributed by atoms with Crippen LogP contribution in [0.3, 0.4) is 0 Å². The number of hydrogen-bond acceptors (Lipinski definition) is 5. The summed E-state index contributed by atoms with van der Waals surface area (Å²) >= 11 is 0. The molecule has 0 bridgehead atoms. The van der Waals surface area contributed by atoms with Crippen molar-refractivity contribution in [2.75, 3.05) is 13.2 Å². The standard InChI is InChI=1S/C81H155NO5/c1-3-5-7-9-11-13-15-17-19-20-43-47-51-55-59-63-67-71-75-81(86)87-76-72-68-64-60-56-52-48-44-41-39-37-35-33-31-29-27-25-23-21-22-24-26-28-30-32-34-36-38-40-42-46-50-54-58-62-66-70-74-80(85)82-78(77-83)79(84)73-69-65-61-57-53-49-45-18-16-14-12-10-8-6-4-2/h13,15,19-21,23,78-79,83-84H,3-12,14,16-18,22,24-77H2,1-2H3,(H,82,85)/b15-13-,20-19-,23-21-. The molecule has 0 aliphatic rings. The lowest BCUT2D eigenvalue weighted by molar-refractivity contribution is -0.143. The number of allylic oxidation sites excluding steroid dienone is 6. The van der Waals surface area contributed by atoms with Gasteiger partial charge in [-0.3, -0.25) is 9.59 Å². The van der Waals surface area contributed by atoms with Crippen LogP contribution >= 0.6 is 0 Å². The Hall–Kier alpha value is -1.92. The van der Waals surface area contributed by atoms with Gasteiger partial charge in [-0.05, 0) is 83.5 Å². The SMILES string of the molecule is CCCCCC/C=C\C/C=C\CCCCCCCCCC(=O)OCCCCCCCCCCCCCCCCCC/C=C\CCCCCCCCCCCCCCCCCCCC(=O)NC(CO)C(O)CCCCCCCCCCCCCCCCC. The van der Waals surface area contributed by atoms with E-state index in [0.29, 0.717) is 25.9 Å². The van der Waals surface area contributed by atoms with Crippen molar-refractivity contribution in [1.29, 1.82) is 0 Å². The maximum absolute atomic E-state index is 12.5. The van der Waals surface area contributed by atoms with Gasteiger partial charge in [0.1, 0.15) is 0 Å². The number of nitrogens with one attached hydrogen (secondary N) is 1. The van der Waals surface area contributed by atoms with Gasteiger partial charge in [-0.25, -0.2) is 0 Å². The van der Waals surface area contributed by atoms with E-state index < -0.39 is 12.1 Å². The second-order valence-electron chi connectivity index (χ2n) is 27.4. The molecule has 0 saturated heterocycles. The summed E-state index contributed by atoms with van der Waals surface area (Å²) in [6.07, 6.45) is 99.6. The zero-order valence-corrected chi connectivity index (χ0v) is 59.0. The third-order valence-electron chi connectivity index (χ3n) is 18.7. The average Bonchev–Trinajstić information content (AvgIpc) is 3.56. The van der Waals surface area contributed by atoms with Crippen LogP contribution in [0.1, 0.15) is 444 Å². The van der Waals surface area contributed by atoms with Crippen LogP contribution < -0.4 is 5.32 Å². The summed E-state index contributed by atoms with van der Waals surface area (Å²) in [5, 5.41) is 23.4. The van der Waals surface area contributed by atoms with Crippen molar-refractivity contribution in [3.05, 3.63) is 36.5 Å². The Morgan fingerprint density at radius 3 is 0.897 bits per heavy atom. The molecule has 0 spiro atoms. The van der Waals surface area contributed by atoms with Gasteiger partial charge >= 0.3 is 5.97 Å². The minimum atomic E-state index is -0.661. The zero-order valence-electron chi connectivity index (χ0n) is 59.0. The summed E-state index contributed by atoms with van der Waals surface area (Å²) in [5.74, 6) is -0.0130. The van der Waals surface area contributed by atoms with Gasteiger partial charge in [0.2, 0.25) is 5.91 Å². The Morgan fingerprint density at radius 2 is 0.575 bits per heavy atom. The highest BCUT2D eigenvalue weighted by Crippen LogP contribution is 2.20. The lowest BCUT2D eigenvalue weighted by Crippen LogP contribution is -2.45. The van der Waals surface area contributed by atoms with Crippen molar-refractivity contribution in [2.45, 2.75) is 456 Å². The number of carbonyl (C=O) groups is 2. The van der Waals surface area contributed by atoms with Crippen LogP contribution in [-0.4, -0.2) is 47.4 Å². The van der Waals surface area contributed by atoms with Gasteiger partial charge in [0, 0.05) is 12.8 Å². The van der Waals surface area contributed by atoms with E-state index in [-0.39, 0.29) is 18.5 Å². The fraction of sp³-hybridized carbons (Fsp3) is 0.901. The molecule has 0 fully saturated rings. The molecule has 0 aromatic rings. The minimum Gasteiger partial charge on any atom is -0.466 e. The first kappa shape index (κ1) is 85.1. The molecular formula is C81H155NO5. The van der Waals surface area contributed by atoms with E-state index in [9.17, 15) is 19.8 Å². The molecule has 0 aromatic heterocycles. The van der Waals surface area contributed by atoms with Crippen LogP contribution in [0.15, 0.2) is 36.5 Å². The fourth-order valence-electron chi connectivity index (χ4n) is 12.6. The Morgan fingerprint density at radius 1 is 0.322 bits per heavy atom. The molecular weight excluding hydrogens is 1070 g/mol. The van der Waals surface area contributed by atoms with E-state index in [0.717, 1.165) is 51.4 Å². The Labute approximate surface area is 544 Å². The number of amides is 1. The van der Waals surface area contributed by atoms with Crippen molar-refractivity contribution in [3.8, 4) is 0 Å². The number of unbranched alkanes of at least 4 members (excludes halogenated alkanes) is 58. The van der Waals surface area contributed by atoms with Crippen LogP contribution in [0, 0.1) is 0 Å². The van der Waals surface area contributed by atoms with E-state index in [4.69, 9.17) is 4.74 Å². The number of aliphatic hydroxyl groups excluding tert-OH is 2. The van der Waals surface area contributed by atoms with Gasteiger partial charge in [-0.15, -0.1) is 0 Å². The monoisotopic (exact) mass is 1220 g/mol. The van der Waals surface area contributed by atoms with E-state index in [2.05, 4.69) is 55.6 Å². The minimum absolute atomic E-state index is 0.0147. The Bertz CT molecular complexity index is 1410. The number of carbonyl (C=O) groups excluding carboxylic acids is 2. The third-order valence-corrected chi connectivity index (χ3v) is 18.7. The van der Waals surface area contributed by atoms with Gasteiger partial charge in [-0.2, -0.15) is 0 Å². The van der Waals surface area contributed by atoms with Crippen LogP contribution in [0.5, 0.6) is 0 Å². The Balaban J connectivity index is 3.32. The van der Waals surface area contributed by atoms with Crippen LogP contribution in [0.2, 0.25) is 0 Å². The number of hydrogen-bond donors (Lipinski definition) is 3. The highest BCUT2D eigenvalue weighted by Gasteiger charge is 2.20. The molecule has 0 radical (unpaired) electrons. The fourth-order valence-corrected chi connectivity index (χ4v) is 12.6. The van der Waals surface area contributed by atoms with Gasteiger partial charge in [0.15, 0.2) is 0 Å². The first-order valence-corrected chi connectivity index (χ1v) is 39.7. The third kappa shape index (κ3) is 73.0. The predicted molar refractivity (Wildman–Crippen MR) is 384 cm³/mol. The highest BCUT2D eigenvalue weighted by atomic mass is 16.5. The topological polar surface area (TPSA) is 95.9 Å². The molecule has 3 N–H and O–H groups in total. The molecule has 2 atom stereocenters. The summed E-state index contributed by atoms with van der Waals surface area (Å²) in [5.41, 5.74) is 0. The normalized spacial score (nSPS) is 12.6. The molecule has 0 saturated carbocycles. The van der Waals surface area contributed by atoms with E-state index in [1.807, 2.05) is 0 Å². The molecule has 0 aliphatic heterocycles. The maximum Gasteiger partial charge on any atom is 0.305 e. The quantitative estimate of drug-likeness (QED) is 0.0320. The lowest BCUT2D eigenvalue weighted by atomic mass is 10.0. The summed E-state index contributed by atoms with van der Waals surface area (Å²) in [6, 6.07) is -0.538. The molecule has 514 valence electrons. The maximum atomic E-state index is 12.5.